The number of rotatable bonds is 10. The van der Waals surface area contributed by atoms with Crippen molar-refractivity contribution in [3.05, 3.63) is 51.9 Å². The molecular weight excluding hydrogens is 502 g/mol. The van der Waals surface area contributed by atoms with Crippen LogP contribution in [0.5, 0.6) is 0 Å². The molecule has 216 valence electrons. The Bertz CT molecular complexity index is 1360. The number of hydrogen-bond donors (Lipinski definition) is 2. The number of ether oxygens (including phenoxy) is 1. The zero-order chi connectivity index (χ0) is 28.2. The molecule has 40 heavy (non-hydrogen) atoms. The predicted octanol–water partition coefficient (Wildman–Crippen LogP) is 5.35. The molecule has 0 amide bonds. The minimum absolute atomic E-state index is 0.0717. The van der Waals surface area contributed by atoms with Gasteiger partial charge in [0, 0.05) is 29.9 Å². The summed E-state index contributed by atoms with van der Waals surface area (Å²) in [5.41, 5.74) is 4.67. The molecule has 0 bridgehead atoms. The molecule has 2 fully saturated rings. The highest BCUT2D eigenvalue weighted by Crippen LogP contribution is 2.33. The van der Waals surface area contributed by atoms with Gasteiger partial charge in [0.25, 0.3) is 5.56 Å². The van der Waals surface area contributed by atoms with Crippen molar-refractivity contribution in [1.82, 2.24) is 24.8 Å². The lowest BCUT2D eigenvalue weighted by atomic mass is 10.0. The molecule has 3 heterocycles. The van der Waals surface area contributed by atoms with Crippen LogP contribution in [-0.2, 0) is 16.1 Å². The average molecular weight is 548 g/mol. The highest BCUT2D eigenvalue weighted by Gasteiger charge is 2.27. The van der Waals surface area contributed by atoms with Gasteiger partial charge in [-0.05, 0) is 108 Å². The molecule has 2 aliphatic rings. The second-order valence-corrected chi connectivity index (χ2v) is 12.3. The number of aromatic amines is 1. The lowest BCUT2D eigenvalue weighted by molar-refractivity contribution is -0.151. The van der Waals surface area contributed by atoms with Gasteiger partial charge in [-0.2, -0.15) is 0 Å². The monoisotopic (exact) mass is 547 g/mol. The molecule has 1 saturated carbocycles. The SMILES string of the molecule is Cc1cc(-c2nc3cc(CN[C@@H](CCC(C)C)C(=O)OC4CCCC4)ccc3n2C2CCN(C)CC2)c[nH]c1=O. The number of fused-ring (bicyclic) bond motifs is 1. The molecular formula is C32H45N5O3. The Balaban J connectivity index is 1.40. The molecule has 2 aromatic heterocycles. The Labute approximate surface area is 237 Å². The number of benzene rings is 1. The van der Waals surface area contributed by atoms with Crippen molar-refractivity contribution in [2.24, 2.45) is 5.92 Å². The number of piperidine rings is 1. The second kappa shape index (κ2) is 12.7. The number of imidazole rings is 1. The van der Waals surface area contributed by atoms with Gasteiger partial charge in [0.2, 0.25) is 0 Å². The largest absolute Gasteiger partial charge is 0.461 e. The quantitative estimate of drug-likeness (QED) is 0.333. The van der Waals surface area contributed by atoms with Crippen LogP contribution < -0.4 is 10.9 Å². The first kappa shape index (κ1) is 28.6. The molecule has 2 N–H and O–H groups in total. The number of H-pyrrole nitrogens is 1. The lowest BCUT2D eigenvalue weighted by Gasteiger charge is -2.31. The number of nitrogens with one attached hydrogen (secondary N) is 2. The fraction of sp³-hybridized carbons (Fsp3) is 0.594. The second-order valence-electron chi connectivity index (χ2n) is 12.3. The number of esters is 1. The van der Waals surface area contributed by atoms with Crippen molar-refractivity contribution in [3.63, 3.8) is 0 Å². The average Bonchev–Trinajstić information content (AvgIpc) is 3.58. The number of carbonyl (C=O) groups is 1. The van der Waals surface area contributed by atoms with Gasteiger partial charge in [0.05, 0.1) is 11.0 Å². The summed E-state index contributed by atoms with van der Waals surface area (Å²) >= 11 is 0. The smallest absolute Gasteiger partial charge is 0.323 e. The molecule has 0 radical (unpaired) electrons. The fourth-order valence-electron chi connectivity index (χ4n) is 6.10. The Hall–Kier alpha value is -2.97. The number of hydrogen-bond acceptors (Lipinski definition) is 6. The number of pyridine rings is 1. The van der Waals surface area contributed by atoms with E-state index >= 15 is 0 Å². The molecule has 1 atom stereocenters. The van der Waals surface area contributed by atoms with Gasteiger partial charge in [-0.1, -0.05) is 19.9 Å². The number of likely N-dealkylation sites (tertiary alicyclic amines) is 1. The third-order valence-electron chi connectivity index (χ3n) is 8.61. The van der Waals surface area contributed by atoms with Crippen molar-refractivity contribution in [3.8, 4) is 11.4 Å². The highest BCUT2D eigenvalue weighted by molar-refractivity contribution is 5.81. The van der Waals surface area contributed by atoms with Crippen molar-refractivity contribution in [2.45, 2.75) is 96.9 Å². The number of aryl methyl sites for hydroxylation is 1. The van der Waals surface area contributed by atoms with Gasteiger partial charge >= 0.3 is 5.97 Å². The summed E-state index contributed by atoms with van der Waals surface area (Å²) in [5, 5.41) is 3.51. The Morgan fingerprint density at radius 3 is 2.58 bits per heavy atom. The zero-order valence-electron chi connectivity index (χ0n) is 24.5. The molecule has 1 aliphatic carbocycles. The maximum Gasteiger partial charge on any atom is 0.323 e. The standard InChI is InChI=1S/C32H45N5O3/c1-21(2)9-11-27(32(39)40-26-7-5-6-8-26)33-19-23-10-12-29-28(18-23)35-30(24-17-22(3)31(38)34-20-24)37(29)25-13-15-36(4)16-14-25/h10,12,17-18,20-21,25-27,33H,5-9,11,13-16,19H2,1-4H3,(H,34,38)/t27-/m0/s1. The summed E-state index contributed by atoms with van der Waals surface area (Å²) in [4.78, 5) is 35.5. The maximum atomic E-state index is 13.1. The van der Waals surface area contributed by atoms with Crippen LogP contribution in [0.25, 0.3) is 22.4 Å². The van der Waals surface area contributed by atoms with E-state index in [1.807, 2.05) is 13.0 Å². The molecule has 1 aromatic carbocycles. The van der Waals surface area contributed by atoms with Crippen LogP contribution in [0.4, 0.5) is 0 Å². The van der Waals surface area contributed by atoms with E-state index in [0.29, 0.717) is 24.1 Å². The molecule has 1 saturated heterocycles. The van der Waals surface area contributed by atoms with Crippen molar-refractivity contribution < 1.29 is 9.53 Å². The van der Waals surface area contributed by atoms with Crippen LogP contribution in [0.2, 0.25) is 0 Å². The van der Waals surface area contributed by atoms with Gasteiger partial charge in [-0.25, -0.2) is 4.98 Å². The van der Waals surface area contributed by atoms with Crippen molar-refractivity contribution in [1.29, 1.82) is 0 Å². The van der Waals surface area contributed by atoms with Crippen molar-refractivity contribution in [2.75, 3.05) is 20.1 Å². The van der Waals surface area contributed by atoms with E-state index in [9.17, 15) is 9.59 Å². The number of carbonyl (C=O) groups excluding carboxylic acids is 1. The summed E-state index contributed by atoms with van der Waals surface area (Å²) in [5.74, 6) is 1.30. The summed E-state index contributed by atoms with van der Waals surface area (Å²) in [7, 11) is 2.17. The summed E-state index contributed by atoms with van der Waals surface area (Å²) in [6, 6.07) is 8.42. The lowest BCUT2D eigenvalue weighted by Crippen LogP contribution is -2.39. The molecule has 5 rings (SSSR count). The molecule has 0 unspecified atom stereocenters. The van der Waals surface area contributed by atoms with Gasteiger partial charge in [-0.3, -0.25) is 9.59 Å². The van der Waals surface area contributed by atoms with E-state index in [1.165, 1.54) is 0 Å². The highest BCUT2D eigenvalue weighted by atomic mass is 16.5. The van der Waals surface area contributed by atoms with E-state index in [4.69, 9.17) is 9.72 Å². The van der Waals surface area contributed by atoms with Crippen LogP contribution >= 0.6 is 0 Å². The topological polar surface area (TPSA) is 92.2 Å². The van der Waals surface area contributed by atoms with E-state index in [2.05, 4.69) is 58.9 Å². The van der Waals surface area contributed by atoms with E-state index in [-0.39, 0.29) is 23.7 Å². The first-order valence-corrected chi connectivity index (χ1v) is 15.1. The molecule has 3 aromatic rings. The Kier molecular flexibility index (Phi) is 9.06. The molecule has 8 heteroatoms. The third-order valence-corrected chi connectivity index (χ3v) is 8.61. The maximum absolute atomic E-state index is 13.1. The van der Waals surface area contributed by atoms with Crippen LogP contribution in [0.3, 0.4) is 0 Å². The normalized spacial score (nSPS) is 18.1. The third kappa shape index (κ3) is 6.66. The van der Waals surface area contributed by atoms with E-state index in [0.717, 1.165) is 92.4 Å². The van der Waals surface area contributed by atoms with Crippen LogP contribution in [0.15, 0.2) is 35.3 Å². The van der Waals surface area contributed by atoms with Gasteiger partial charge in [0.1, 0.15) is 18.0 Å². The Morgan fingerprint density at radius 2 is 1.88 bits per heavy atom. The zero-order valence-corrected chi connectivity index (χ0v) is 24.5. The number of nitrogens with zero attached hydrogens (tertiary/aromatic N) is 3. The summed E-state index contributed by atoms with van der Waals surface area (Å²) in [6.45, 7) is 8.88. The molecule has 8 nitrogen and oxygen atoms in total. The van der Waals surface area contributed by atoms with Gasteiger partial charge in [0.15, 0.2) is 0 Å². The summed E-state index contributed by atoms with van der Waals surface area (Å²) in [6.07, 6.45) is 9.96. The first-order chi connectivity index (χ1) is 19.3. The van der Waals surface area contributed by atoms with Gasteiger partial charge < -0.3 is 24.5 Å². The summed E-state index contributed by atoms with van der Waals surface area (Å²) < 4.78 is 8.25. The van der Waals surface area contributed by atoms with Crippen LogP contribution in [-0.4, -0.2) is 57.7 Å². The molecule has 1 aliphatic heterocycles. The predicted molar refractivity (Wildman–Crippen MR) is 159 cm³/mol. The first-order valence-electron chi connectivity index (χ1n) is 15.1. The minimum atomic E-state index is -0.310. The molecule has 0 spiro atoms. The fourth-order valence-corrected chi connectivity index (χ4v) is 6.10. The van der Waals surface area contributed by atoms with Gasteiger partial charge in [-0.15, -0.1) is 0 Å². The van der Waals surface area contributed by atoms with E-state index in [1.54, 1.807) is 6.20 Å². The van der Waals surface area contributed by atoms with Crippen LogP contribution in [0, 0.1) is 12.8 Å². The van der Waals surface area contributed by atoms with E-state index < -0.39 is 0 Å². The minimum Gasteiger partial charge on any atom is -0.461 e. The van der Waals surface area contributed by atoms with Crippen molar-refractivity contribution >= 4 is 17.0 Å². The number of aromatic nitrogens is 3. The Morgan fingerprint density at radius 1 is 1.12 bits per heavy atom. The van der Waals surface area contributed by atoms with Crippen LogP contribution in [0.1, 0.15) is 82.4 Å².